The van der Waals surface area contributed by atoms with Gasteiger partial charge in [0.05, 0.1) is 6.21 Å². The van der Waals surface area contributed by atoms with Gasteiger partial charge in [-0.1, -0.05) is 23.4 Å². The van der Waals surface area contributed by atoms with Gasteiger partial charge in [0.1, 0.15) is 5.75 Å². The van der Waals surface area contributed by atoms with Gasteiger partial charge in [-0.15, -0.1) is 0 Å². The Kier molecular flexibility index (Phi) is 5.14. The van der Waals surface area contributed by atoms with E-state index in [9.17, 15) is 4.79 Å². The van der Waals surface area contributed by atoms with E-state index in [0.29, 0.717) is 11.3 Å². The molecule has 0 aliphatic carbocycles. The summed E-state index contributed by atoms with van der Waals surface area (Å²) < 4.78 is 5.46. The van der Waals surface area contributed by atoms with Gasteiger partial charge in [-0.2, -0.15) is 0 Å². The van der Waals surface area contributed by atoms with E-state index in [1.54, 1.807) is 24.3 Å². The largest absolute Gasteiger partial charge is 0.483 e. The molecule has 5 heteroatoms. The summed E-state index contributed by atoms with van der Waals surface area (Å²) in [7, 11) is 0. The standard InChI is InChI=1S/C17H18N2O3/c1-12-7-8-15(9-13(12)2)19-17(20)11-22-16-6-4-3-5-14(16)10-18-21/h3-10,21H,11H2,1-2H3,(H,19,20)/b18-10+. The molecule has 0 unspecified atom stereocenters. The van der Waals surface area contributed by atoms with Gasteiger partial charge in [0.15, 0.2) is 6.61 Å². The summed E-state index contributed by atoms with van der Waals surface area (Å²) in [6, 6.07) is 12.7. The zero-order valence-corrected chi connectivity index (χ0v) is 12.5. The van der Waals surface area contributed by atoms with E-state index in [1.165, 1.54) is 11.8 Å². The molecule has 114 valence electrons. The second-order valence-corrected chi connectivity index (χ2v) is 4.92. The molecule has 0 heterocycles. The maximum atomic E-state index is 11.9. The Morgan fingerprint density at radius 3 is 2.73 bits per heavy atom. The van der Waals surface area contributed by atoms with Crippen LogP contribution in [-0.2, 0) is 4.79 Å². The first-order chi connectivity index (χ1) is 10.6. The second-order valence-electron chi connectivity index (χ2n) is 4.92. The van der Waals surface area contributed by atoms with Crippen molar-refractivity contribution in [1.29, 1.82) is 0 Å². The number of para-hydroxylation sites is 1. The average molecular weight is 298 g/mol. The fourth-order valence-electron chi connectivity index (χ4n) is 1.94. The van der Waals surface area contributed by atoms with Crippen molar-refractivity contribution in [2.45, 2.75) is 13.8 Å². The normalized spacial score (nSPS) is 10.6. The molecule has 0 fully saturated rings. The van der Waals surface area contributed by atoms with Crippen LogP contribution in [0.15, 0.2) is 47.6 Å². The Labute approximate surface area is 129 Å². The maximum absolute atomic E-state index is 11.9. The minimum Gasteiger partial charge on any atom is -0.483 e. The van der Waals surface area contributed by atoms with E-state index in [-0.39, 0.29) is 12.5 Å². The lowest BCUT2D eigenvalue weighted by atomic mass is 10.1. The molecule has 0 spiro atoms. The van der Waals surface area contributed by atoms with Crippen molar-refractivity contribution in [1.82, 2.24) is 0 Å². The smallest absolute Gasteiger partial charge is 0.262 e. The molecule has 5 nitrogen and oxygen atoms in total. The third kappa shape index (κ3) is 4.09. The van der Waals surface area contributed by atoms with E-state index in [1.807, 2.05) is 32.0 Å². The molecule has 2 aromatic rings. The van der Waals surface area contributed by atoms with Crippen LogP contribution in [0, 0.1) is 13.8 Å². The maximum Gasteiger partial charge on any atom is 0.262 e. The van der Waals surface area contributed by atoms with Crippen molar-refractivity contribution in [3.63, 3.8) is 0 Å². The molecule has 0 aromatic heterocycles. The van der Waals surface area contributed by atoms with Crippen LogP contribution in [0.2, 0.25) is 0 Å². The van der Waals surface area contributed by atoms with Crippen molar-refractivity contribution in [3.8, 4) is 5.75 Å². The van der Waals surface area contributed by atoms with Crippen LogP contribution >= 0.6 is 0 Å². The average Bonchev–Trinajstić information content (AvgIpc) is 2.50. The van der Waals surface area contributed by atoms with Crippen molar-refractivity contribution in [2.24, 2.45) is 5.16 Å². The molecule has 1 amide bonds. The number of rotatable bonds is 5. The molecule has 0 bridgehead atoms. The number of hydrogen-bond acceptors (Lipinski definition) is 4. The number of hydrogen-bond donors (Lipinski definition) is 2. The summed E-state index contributed by atoms with van der Waals surface area (Å²) in [4.78, 5) is 11.9. The van der Waals surface area contributed by atoms with E-state index in [2.05, 4.69) is 10.5 Å². The number of amides is 1. The first-order valence-electron chi connectivity index (χ1n) is 6.86. The van der Waals surface area contributed by atoms with Crippen LogP contribution in [-0.4, -0.2) is 23.9 Å². The first kappa shape index (κ1) is 15.6. The molecule has 0 saturated heterocycles. The quantitative estimate of drug-likeness (QED) is 0.506. The van der Waals surface area contributed by atoms with Crippen molar-refractivity contribution >= 4 is 17.8 Å². The number of nitrogens with zero attached hydrogens (tertiary/aromatic N) is 1. The lowest BCUT2D eigenvalue weighted by molar-refractivity contribution is -0.118. The summed E-state index contributed by atoms with van der Waals surface area (Å²) in [6.07, 6.45) is 1.26. The Morgan fingerprint density at radius 1 is 1.23 bits per heavy atom. The minimum atomic E-state index is -0.251. The van der Waals surface area contributed by atoms with E-state index in [0.717, 1.165) is 11.3 Å². The molecule has 2 N–H and O–H groups in total. The van der Waals surface area contributed by atoms with Gasteiger partial charge in [-0.3, -0.25) is 4.79 Å². The van der Waals surface area contributed by atoms with Gasteiger partial charge >= 0.3 is 0 Å². The van der Waals surface area contributed by atoms with Gasteiger partial charge in [0.2, 0.25) is 0 Å². The zero-order chi connectivity index (χ0) is 15.9. The van der Waals surface area contributed by atoms with Gasteiger partial charge in [-0.05, 0) is 49.2 Å². The van der Waals surface area contributed by atoms with Crippen LogP contribution in [0.3, 0.4) is 0 Å². The molecule has 0 aliphatic rings. The van der Waals surface area contributed by atoms with Crippen LogP contribution in [0.1, 0.15) is 16.7 Å². The third-order valence-electron chi connectivity index (χ3n) is 3.27. The number of carbonyl (C=O) groups excluding carboxylic acids is 1. The lowest BCUT2D eigenvalue weighted by Crippen LogP contribution is -2.20. The number of carbonyl (C=O) groups is 1. The van der Waals surface area contributed by atoms with Crippen molar-refractivity contribution < 1.29 is 14.7 Å². The Bertz CT molecular complexity index is 696. The predicted octanol–water partition coefficient (Wildman–Crippen LogP) is 3.13. The highest BCUT2D eigenvalue weighted by molar-refractivity contribution is 5.92. The van der Waals surface area contributed by atoms with Crippen LogP contribution in [0.25, 0.3) is 0 Å². The first-order valence-corrected chi connectivity index (χ1v) is 6.86. The SMILES string of the molecule is Cc1ccc(NC(=O)COc2ccccc2/C=N/O)cc1C. The zero-order valence-electron chi connectivity index (χ0n) is 12.5. The highest BCUT2D eigenvalue weighted by Gasteiger charge is 2.07. The number of anilines is 1. The third-order valence-corrected chi connectivity index (χ3v) is 3.27. The van der Waals surface area contributed by atoms with E-state index < -0.39 is 0 Å². The van der Waals surface area contributed by atoms with Crippen LogP contribution in [0.5, 0.6) is 5.75 Å². The van der Waals surface area contributed by atoms with Crippen molar-refractivity contribution in [2.75, 3.05) is 11.9 Å². The molecule has 2 aromatic carbocycles. The summed E-state index contributed by atoms with van der Waals surface area (Å²) >= 11 is 0. The Balaban J connectivity index is 1.97. The van der Waals surface area contributed by atoms with E-state index >= 15 is 0 Å². The van der Waals surface area contributed by atoms with E-state index in [4.69, 9.17) is 9.94 Å². The summed E-state index contributed by atoms with van der Waals surface area (Å²) in [5, 5.41) is 14.4. The number of benzene rings is 2. The second kappa shape index (κ2) is 7.26. The number of ether oxygens (including phenoxy) is 1. The van der Waals surface area contributed by atoms with Crippen LogP contribution < -0.4 is 10.1 Å². The highest BCUT2D eigenvalue weighted by Crippen LogP contribution is 2.17. The highest BCUT2D eigenvalue weighted by atomic mass is 16.5. The molecule has 0 radical (unpaired) electrons. The van der Waals surface area contributed by atoms with Gasteiger partial charge < -0.3 is 15.3 Å². The molecule has 0 aliphatic heterocycles. The molecule has 0 saturated carbocycles. The Hall–Kier alpha value is -2.82. The van der Waals surface area contributed by atoms with Gasteiger partial charge in [0.25, 0.3) is 5.91 Å². The number of oxime groups is 1. The molecular formula is C17H18N2O3. The lowest BCUT2D eigenvalue weighted by Gasteiger charge is -2.10. The Morgan fingerprint density at radius 2 is 2.00 bits per heavy atom. The van der Waals surface area contributed by atoms with Crippen LogP contribution in [0.4, 0.5) is 5.69 Å². The predicted molar refractivity (Wildman–Crippen MR) is 85.9 cm³/mol. The van der Waals surface area contributed by atoms with Gasteiger partial charge in [0, 0.05) is 11.3 Å². The fraction of sp³-hybridized carbons (Fsp3) is 0.176. The van der Waals surface area contributed by atoms with Gasteiger partial charge in [-0.25, -0.2) is 0 Å². The monoisotopic (exact) mass is 298 g/mol. The molecule has 22 heavy (non-hydrogen) atoms. The molecular weight excluding hydrogens is 280 g/mol. The number of aryl methyl sites for hydroxylation is 2. The summed E-state index contributed by atoms with van der Waals surface area (Å²) in [5.74, 6) is 0.231. The topological polar surface area (TPSA) is 70.9 Å². The molecule has 0 atom stereocenters. The fourth-order valence-corrected chi connectivity index (χ4v) is 1.94. The number of nitrogens with one attached hydrogen (secondary N) is 1. The van der Waals surface area contributed by atoms with Crippen molar-refractivity contribution in [3.05, 3.63) is 59.2 Å². The summed E-state index contributed by atoms with van der Waals surface area (Å²) in [6.45, 7) is 3.89. The molecule has 2 rings (SSSR count). The summed E-state index contributed by atoms with van der Waals surface area (Å²) in [5.41, 5.74) is 3.63. The minimum absolute atomic E-state index is 0.122.